The molecule has 0 spiro atoms. The molecule has 1 saturated heterocycles. The van der Waals surface area contributed by atoms with Crippen LogP contribution in [0.5, 0.6) is 0 Å². The van der Waals surface area contributed by atoms with Crippen LogP contribution in [0.2, 0.25) is 0 Å². The van der Waals surface area contributed by atoms with Gasteiger partial charge in [0.25, 0.3) is 5.91 Å². The molecule has 40 heavy (non-hydrogen) atoms. The van der Waals surface area contributed by atoms with E-state index in [0.29, 0.717) is 32.5 Å². The minimum absolute atomic E-state index is 0.0257. The topological polar surface area (TPSA) is 96.7 Å². The molecule has 0 unspecified atom stereocenters. The lowest BCUT2D eigenvalue weighted by Gasteiger charge is -2.37. The normalized spacial score (nSPS) is 18.6. The number of nitrogens with zero attached hydrogens (tertiary/aromatic N) is 3. The Bertz CT molecular complexity index is 1260. The number of hydrogen-bond acceptors (Lipinski definition) is 5. The van der Waals surface area contributed by atoms with Crippen LogP contribution in [0.1, 0.15) is 61.3 Å². The van der Waals surface area contributed by atoms with Crippen molar-refractivity contribution in [2.75, 3.05) is 31.5 Å². The quantitative estimate of drug-likeness (QED) is 0.514. The first-order chi connectivity index (χ1) is 19.0. The van der Waals surface area contributed by atoms with Crippen molar-refractivity contribution < 1.29 is 27.9 Å². The van der Waals surface area contributed by atoms with Crippen LogP contribution in [-0.4, -0.2) is 58.5 Å². The Morgan fingerprint density at radius 2 is 1.70 bits per heavy atom. The van der Waals surface area contributed by atoms with Crippen molar-refractivity contribution >= 4 is 17.5 Å². The summed E-state index contributed by atoms with van der Waals surface area (Å²) in [6.45, 7) is 5.08. The molecular weight excluding hydrogens is 521 g/mol. The van der Waals surface area contributed by atoms with Gasteiger partial charge in [0.15, 0.2) is 0 Å². The van der Waals surface area contributed by atoms with Gasteiger partial charge in [0.05, 0.1) is 17.2 Å². The average Bonchev–Trinajstić information content (AvgIpc) is 2.93. The number of rotatable bonds is 7. The van der Waals surface area contributed by atoms with E-state index in [2.05, 4.69) is 10.2 Å². The van der Waals surface area contributed by atoms with Gasteiger partial charge in [-0.25, -0.2) is 0 Å². The van der Waals surface area contributed by atoms with Crippen LogP contribution in [0.15, 0.2) is 42.5 Å². The van der Waals surface area contributed by atoms with Gasteiger partial charge in [0.2, 0.25) is 5.91 Å². The van der Waals surface area contributed by atoms with Crippen LogP contribution < -0.4 is 5.32 Å². The highest BCUT2D eigenvalue weighted by molar-refractivity contribution is 5.97. The molecule has 10 heteroatoms. The number of carbonyl (C=O) groups is 2. The number of amides is 2. The third-order valence-electron chi connectivity index (χ3n) is 8.07. The second-order valence-corrected chi connectivity index (χ2v) is 10.9. The minimum Gasteiger partial charge on any atom is -0.379 e. The van der Waals surface area contributed by atoms with Crippen molar-refractivity contribution in [1.29, 1.82) is 5.26 Å². The van der Waals surface area contributed by atoms with Crippen LogP contribution in [-0.2, 0) is 28.7 Å². The summed E-state index contributed by atoms with van der Waals surface area (Å²) in [6, 6.07) is 12.2. The summed E-state index contributed by atoms with van der Waals surface area (Å²) in [4.78, 5) is 29.3. The van der Waals surface area contributed by atoms with Crippen LogP contribution >= 0.6 is 0 Å². The van der Waals surface area contributed by atoms with E-state index in [1.54, 1.807) is 6.92 Å². The maximum atomic E-state index is 13.6. The standard InChI is InChI=1S/C30H35F3N4O3/c1-21(38)37-14-12-36(13-15-37)20-23-7-5-6-22(16-23)18-29(40,25-8-3-2-4-9-25)28(39)35-26-11-10-24(19-34)27(17-26)30(31,32)33/h5-7,10-11,16-17,25,40H,2-4,8-9,12-15,18,20H2,1H3,(H,35,39)/t29-/m1/s1. The van der Waals surface area contributed by atoms with Gasteiger partial charge in [-0.3, -0.25) is 14.5 Å². The van der Waals surface area contributed by atoms with Gasteiger partial charge in [0, 0.05) is 51.8 Å². The summed E-state index contributed by atoms with van der Waals surface area (Å²) in [5.41, 5.74) is -1.83. The lowest BCUT2D eigenvalue weighted by atomic mass is 9.73. The van der Waals surface area contributed by atoms with E-state index in [9.17, 15) is 27.9 Å². The van der Waals surface area contributed by atoms with Crippen molar-refractivity contribution in [3.05, 3.63) is 64.7 Å². The van der Waals surface area contributed by atoms with Crippen LogP contribution in [0.25, 0.3) is 0 Å². The van der Waals surface area contributed by atoms with Gasteiger partial charge < -0.3 is 15.3 Å². The van der Waals surface area contributed by atoms with E-state index >= 15 is 0 Å². The number of anilines is 1. The summed E-state index contributed by atoms with van der Waals surface area (Å²) in [5.74, 6) is -1.02. The Morgan fingerprint density at radius 1 is 1.02 bits per heavy atom. The number of halogens is 3. The number of benzene rings is 2. The van der Waals surface area contributed by atoms with Gasteiger partial charge in [-0.2, -0.15) is 18.4 Å². The fourth-order valence-corrected chi connectivity index (χ4v) is 5.81. The maximum Gasteiger partial charge on any atom is 0.417 e. The van der Waals surface area contributed by atoms with Crippen molar-refractivity contribution in [2.45, 2.75) is 63.8 Å². The zero-order valence-corrected chi connectivity index (χ0v) is 22.6. The second kappa shape index (κ2) is 12.4. The van der Waals surface area contributed by atoms with Crippen LogP contribution in [0, 0.1) is 17.2 Å². The van der Waals surface area contributed by atoms with Crippen molar-refractivity contribution in [3.8, 4) is 6.07 Å². The fraction of sp³-hybridized carbons (Fsp3) is 0.500. The highest BCUT2D eigenvalue weighted by atomic mass is 19.4. The number of piperazine rings is 1. The molecule has 0 aromatic heterocycles. The van der Waals surface area contributed by atoms with Gasteiger partial charge in [-0.15, -0.1) is 0 Å². The van der Waals surface area contributed by atoms with Crippen molar-refractivity contribution in [2.24, 2.45) is 5.92 Å². The largest absolute Gasteiger partial charge is 0.417 e. The van der Waals surface area contributed by atoms with Gasteiger partial charge >= 0.3 is 6.18 Å². The Labute approximate surface area is 232 Å². The van der Waals surface area contributed by atoms with Crippen molar-refractivity contribution in [1.82, 2.24) is 9.80 Å². The highest BCUT2D eigenvalue weighted by Gasteiger charge is 2.44. The number of alkyl halides is 3. The Balaban J connectivity index is 1.54. The molecule has 2 N–H and O–H groups in total. The number of hydrogen-bond donors (Lipinski definition) is 2. The van der Waals surface area contributed by atoms with Crippen LogP contribution in [0.3, 0.4) is 0 Å². The van der Waals surface area contributed by atoms with Crippen molar-refractivity contribution in [3.63, 3.8) is 0 Å². The summed E-state index contributed by atoms with van der Waals surface area (Å²) >= 11 is 0. The summed E-state index contributed by atoms with van der Waals surface area (Å²) in [5, 5.41) is 23.5. The lowest BCUT2D eigenvalue weighted by Crippen LogP contribution is -2.51. The monoisotopic (exact) mass is 556 g/mol. The number of aliphatic hydroxyl groups is 1. The zero-order chi connectivity index (χ0) is 28.9. The van der Waals surface area contributed by atoms with Crippen LogP contribution in [0.4, 0.5) is 18.9 Å². The van der Waals surface area contributed by atoms with E-state index in [-0.39, 0.29) is 23.9 Å². The summed E-state index contributed by atoms with van der Waals surface area (Å²) in [6.07, 6.45) is -0.715. The zero-order valence-electron chi connectivity index (χ0n) is 22.6. The fourth-order valence-electron chi connectivity index (χ4n) is 5.81. The molecule has 2 aromatic carbocycles. The van der Waals surface area contributed by atoms with E-state index < -0.39 is 28.8 Å². The molecule has 214 valence electrons. The third-order valence-corrected chi connectivity index (χ3v) is 8.07. The third kappa shape index (κ3) is 7.01. The van der Waals surface area contributed by atoms with E-state index in [1.807, 2.05) is 29.2 Å². The van der Waals surface area contributed by atoms with E-state index in [4.69, 9.17) is 5.26 Å². The first-order valence-electron chi connectivity index (χ1n) is 13.7. The Morgan fingerprint density at radius 3 is 2.33 bits per heavy atom. The predicted octanol–water partition coefficient (Wildman–Crippen LogP) is 4.73. The highest BCUT2D eigenvalue weighted by Crippen LogP contribution is 2.37. The molecule has 2 aliphatic rings. The summed E-state index contributed by atoms with van der Waals surface area (Å²) < 4.78 is 40.5. The molecule has 4 rings (SSSR count). The predicted molar refractivity (Wildman–Crippen MR) is 144 cm³/mol. The molecule has 1 atom stereocenters. The molecule has 2 amide bonds. The van der Waals surface area contributed by atoms with Gasteiger partial charge in [-0.1, -0.05) is 43.5 Å². The summed E-state index contributed by atoms with van der Waals surface area (Å²) in [7, 11) is 0. The number of nitrogens with one attached hydrogen (secondary N) is 1. The molecule has 1 aliphatic carbocycles. The molecule has 0 radical (unpaired) electrons. The smallest absolute Gasteiger partial charge is 0.379 e. The number of nitriles is 1. The second-order valence-electron chi connectivity index (χ2n) is 10.9. The minimum atomic E-state index is -4.76. The number of carbonyl (C=O) groups excluding carboxylic acids is 2. The molecule has 7 nitrogen and oxygen atoms in total. The SMILES string of the molecule is CC(=O)N1CCN(Cc2cccc(C[C@](O)(C(=O)Nc3ccc(C#N)c(C(F)(F)F)c3)C3CCCCC3)c2)CC1. The van der Waals surface area contributed by atoms with E-state index in [1.165, 1.54) is 12.1 Å². The average molecular weight is 557 g/mol. The first kappa shape index (κ1) is 29.6. The molecule has 0 bridgehead atoms. The molecule has 2 aromatic rings. The molecular formula is C30H35F3N4O3. The van der Waals surface area contributed by atoms with E-state index in [0.717, 1.165) is 55.6 Å². The molecule has 1 saturated carbocycles. The lowest BCUT2D eigenvalue weighted by molar-refractivity contribution is -0.142. The maximum absolute atomic E-state index is 13.6. The molecule has 2 fully saturated rings. The Hall–Kier alpha value is -3.42. The van der Waals surface area contributed by atoms with Gasteiger partial charge in [-0.05, 0) is 48.1 Å². The Kier molecular flexibility index (Phi) is 9.16. The first-order valence-corrected chi connectivity index (χ1v) is 13.7. The molecule has 1 aliphatic heterocycles. The molecule has 1 heterocycles. The van der Waals surface area contributed by atoms with Gasteiger partial charge in [0.1, 0.15) is 5.60 Å².